The molecule has 10 heavy (non-hydrogen) atoms. The molecule has 0 aliphatic rings. The number of hydrogen-bond acceptors (Lipinski definition) is 2. The molecule has 0 atom stereocenters. The molecule has 0 saturated heterocycles. The van der Waals surface area contributed by atoms with E-state index in [1.54, 1.807) is 0 Å². The maximum atomic E-state index is 5.13. The van der Waals surface area contributed by atoms with Crippen LogP contribution < -0.4 is 5.32 Å². The summed E-state index contributed by atoms with van der Waals surface area (Å²) in [5, 5.41) is 3.19. The van der Waals surface area contributed by atoms with Crippen LogP contribution in [0.15, 0.2) is 11.8 Å². The van der Waals surface area contributed by atoms with E-state index in [9.17, 15) is 0 Å². The summed E-state index contributed by atoms with van der Waals surface area (Å²) in [5.74, 6) is 0. The molecule has 2 nitrogen and oxygen atoms in total. The van der Waals surface area contributed by atoms with Crippen molar-refractivity contribution in [2.75, 3.05) is 19.8 Å². The Morgan fingerprint density at radius 1 is 1.50 bits per heavy atom. The van der Waals surface area contributed by atoms with E-state index in [0.29, 0.717) is 0 Å². The molecule has 0 aromatic rings. The van der Waals surface area contributed by atoms with Crippen molar-refractivity contribution in [2.24, 2.45) is 0 Å². The van der Waals surface area contributed by atoms with Crippen LogP contribution in [0.5, 0.6) is 0 Å². The van der Waals surface area contributed by atoms with Gasteiger partial charge in [-0.25, -0.2) is 0 Å². The Morgan fingerprint density at radius 2 is 2.20 bits per heavy atom. The first kappa shape index (κ1) is 9.50. The molecule has 0 aliphatic heterocycles. The summed E-state index contributed by atoms with van der Waals surface area (Å²) in [6.07, 6.45) is 2.05. The molecule has 0 aromatic carbocycles. The molecule has 0 fully saturated rings. The van der Waals surface area contributed by atoms with Gasteiger partial charge in [0.05, 0.1) is 6.61 Å². The van der Waals surface area contributed by atoms with Crippen molar-refractivity contribution in [3.8, 4) is 0 Å². The number of rotatable bonds is 5. The Hall–Kier alpha value is -0.500. The minimum absolute atomic E-state index is 0.718. The summed E-state index contributed by atoms with van der Waals surface area (Å²) in [5.41, 5.74) is 1.19. The van der Waals surface area contributed by atoms with Crippen LogP contribution in [-0.2, 0) is 4.74 Å². The standard InChI is InChI=1S/C8H17NO/c1-4-9-8(3)6-7-10-5-2/h6,9H,4-5,7H2,1-3H3. The molecule has 0 saturated carbocycles. The highest BCUT2D eigenvalue weighted by molar-refractivity contribution is 4.94. The smallest absolute Gasteiger partial charge is 0.0666 e. The normalized spacial score (nSPS) is 11.7. The SMILES string of the molecule is CCNC(C)=CCOCC. The van der Waals surface area contributed by atoms with Crippen molar-refractivity contribution in [3.63, 3.8) is 0 Å². The maximum absolute atomic E-state index is 5.13. The molecule has 1 N–H and O–H groups in total. The van der Waals surface area contributed by atoms with E-state index >= 15 is 0 Å². The molecule has 0 aliphatic carbocycles. The Labute approximate surface area is 63.3 Å². The van der Waals surface area contributed by atoms with Crippen LogP contribution in [0.3, 0.4) is 0 Å². The van der Waals surface area contributed by atoms with Gasteiger partial charge in [-0.2, -0.15) is 0 Å². The highest BCUT2D eigenvalue weighted by Crippen LogP contribution is 1.85. The second-order valence-corrected chi connectivity index (χ2v) is 2.08. The summed E-state index contributed by atoms with van der Waals surface area (Å²) < 4.78 is 5.13. The van der Waals surface area contributed by atoms with Crippen LogP contribution in [0.25, 0.3) is 0 Å². The van der Waals surface area contributed by atoms with Crippen molar-refractivity contribution in [3.05, 3.63) is 11.8 Å². The maximum Gasteiger partial charge on any atom is 0.0666 e. The number of ether oxygens (including phenoxy) is 1. The quantitative estimate of drug-likeness (QED) is 0.589. The van der Waals surface area contributed by atoms with Gasteiger partial charge in [0, 0.05) is 18.8 Å². The minimum atomic E-state index is 0.718. The Kier molecular flexibility index (Phi) is 6.29. The zero-order valence-corrected chi connectivity index (χ0v) is 7.11. The Bertz CT molecular complexity index is 99.4. The van der Waals surface area contributed by atoms with Crippen LogP contribution >= 0.6 is 0 Å². The van der Waals surface area contributed by atoms with Gasteiger partial charge in [0.2, 0.25) is 0 Å². The average molecular weight is 143 g/mol. The zero-order chi connectivity index (χ0) is 7.82. The third kappa shape index (κ3) is 5.63. The third-order valence-electron chi connectivity index (χ3n) is 1.17. The second-order valence-electron chi connectivity index (χ2n) is 2.08. The van der Waals surface area contributed by atoms with Gasteiger partial charge in [-0.05, 0) is 26.8 Å². The molecule has 2 heteroatoms. The first-order valence-electron chi connectivity index (χ1n) is 3.79. The molecule has 0 amide bonds. The lowest BCUT2D eigenvalue weighted by Gasteiger charge is -2.01. The fourth-order valence-electron chi connectivity index (χ4n) is 0.653. The van der Waals surface area contributed by atoms with E-state index in [-0.39, 0.29) is 0 Å². The molecule has 0 spiro atoms. The van der Waals surface area contributed by atoms with Gasteiger partial charge < -0.3 is 10.1 Å². The first-order chi connectivity index (χ1) is 4.81. The molecule has 0 heterocycles. The molecule has 0 radical (unpaired) electrons. The van der Waals surface area contributed by atoms with Crippen molar-refractivity contribution in [1.82, 2.24) is 5.32 Å². The largest absolute Gasteiger partial charge is 0.389 e. The molecule has 0 unspecified atom stereocenters. The van der Waals surface area contributed by atoms with Crippen molar-refractivity contribution >= 4 is 0 Å². The predicted molar refractivity (Wildman–Crippen MR) is 43.9 cm³/mol. The van der Waals surface area contributed by atoms with E-state index in [1.807, 2.05) is 19.9 Å². The van der Waals surface area contributed by atoms with Crippen LogP contribution in [0, 0.1) is 0 Å². The second kappa shape index (κ2) is 6.62. The lowest BCUT2D eigenvalue weighted by Crippen LogP contribution is -2.09. The van der Waals surface area contributed by atoms with Crippen LogP contribution in [-0.4, -0.2) is 19.8 Å². The Balaban J connectivity index is 3.28. The monoisotopic (exact) mass is 143 g/mol. The highest BCUT2D eigenvalue weighted by atomic mass is 16.5. The molecule has 0 bridgehead atoms. The van der Waals surface area contributed by atoms with Gasteiger partial charge >= 0.3 is 0 Å². The number of allylic oxidation sites excluding steroid dienone is 1. The molecule has 0 aromatic heterocycles. The van der Waals surface area contributed by atoms with E-state index < -0.39 is 0 Å². The molecular weight excluding hydrogens is 126 g/mol. The molecular formula is C8H17NO. The van der Waals surface area contributed by atoms with E-state index in [2.05, 4.69) is 12.2 Å². The van der Waals surface area contributed by atoms with Gasteiger partial charge in [-0.3, -0.25) is 0 Å². The lowest BCUT2D eigenvalue weighted by atomic mass is 10.4. The number of nitrogens with one attached hydrogen (secondary N) is 1. The summed E-state index contributed by atoms with van der Waals surface area (Å²) in [4.78, 5) is 0. The van der Waals surface area contributed by atoms with E-state index in [1.165, 1.54) is 5.70 Å². The lowest BCUT2D eigenvalue weighted by molar-refractivity contribution is 0.177. The van der Waals surface area contributed by atoms with Crippen LogP contribution in [0.4, 0.5) is 0 Å². The number of hydrogen-bond donors (Lipinski definition) is 1. The fourth-order valence-corrected chi connectivity index (χ4v) is 0.653. The van der Waals surface area contributed by atoms with Gasteiger partial charge in [-0.1, -0.05) is 0 Å². The summed E-state index contributed by atoms with van der Waals surface area (Å²) in [6, 6.07) is 0. The minimum Gasteiger partial charge on any atom is -0.389 e. The third-order valence-corrected chi connectivity index (χ3v) is 1.17. The van der Waals surface area contributed by atoms with Crippen LogP contribution in [0.2, 0.25) is 0 Å². The molecule has 60 valence electrons. The average Bonchev–Trinajstić information content (AvgIpc) is 1.89. The van der Waals surface area contributed by atoms with Gasteiger partial charge in [0.25, 0.3) is 0 Å². The summed E-state index contributed by atoms with van der Waals surface area (Å²) in [6.45, 7) is 8.61. The fraction of sp³-hybridized carbons (Fsp3) is 0.750. The highest BCUT2D eigenvalue weighted by Gasteiger charge is 1.82. The first-order valence-corrected chi connectivity index (χ1v) is 3.79. The zero-order valence-electron chi connectivity index (χ0n) is 7.11. The van der Waals surface area contributed by atoms with Gasteiger partial charge in [-0.15, -0.1) is 0 Å². The van der Waals surface area contributed by atoms with Crippen molar-refractivity contribution < 1.29 is 4.74 Å². The van der Waals surface area contributed by atoms with E-state index in [0.717, 1.165) is 19.8 Å². The topological polar surface area (TPSA) is 21.3 Å². The molecule has 0 rings (SSSR count). The van der Waals surface area contributed by atoms with Crippen molar-refractivity contribution in [1.29, 1.82) is 0 Å². The summed E-state index contributed by atoms with van der Waals surface area (Å²) in [7, 11) is 0. The Morgan fingerprint density at radius 3 is 2.70 bits per heavy atom. The van der Waals surface area contributed by atoms with Gasteiger partial charge in [0.1, 0.15) is 0 Å². The van der Waals surface area contributed by atoms with Gasteiger partial charge in [0.15, 0.2) is 0 Å². The van der Waals surface area contributed by atoms with Crippen molar-refractivity contribution in [2.45, 2.75) is 20.8 Å². The predicted octanol–water partition coefficient (Wildman–Crippen LogP) is 1.54. The van der Waals surface area contributed by atoms with E-state index in [4.69, 9.17) is 4.74 Å². The summed E-state index contributed by atoms with van der Waals surface area (Å²) >= 11 is 0. The van der Waals surface area contributed by atoms with Crippen LogP contribution in [0.1, 0.15) is 20.8 Å².